The topological polar surface area (TPSA) is 3.24 Å². The average molecular weight is 221 g/mol. The van der Waals surface area contributed by atoms with Gasteiger partial charge in [-0.05, 0) is 31.9 Å². The average Bonchev–Trinajstić information content (AvgIpc) is 2.65. The van der Waals surface area contributed by atoms with Crippen molar-refractivity contribution in [3.63, 3.8) is 0 Å². The van der Waals surface area contributed by atoms with E-state index in [-0.39, 0.29) is 11.2 Å². The van der Waals surface area contributed by atoms with Crippen molar-refractivity contribution in [1.82, 2.24) is 0 Å². The molecular formula is C14H20FN. The SMILES string of the molecule is CCN1CC(CC)(CC)c2c(F)cccc21. The normalized spacial score (nSPS) is 17.6. The summed E-state index contributed by atoms with van der Waals surface area (Å²) >= 11 is 0. The van der Waals surface area contributed by atoms with E-state index in [0.717, 1.165) is 37.2 Å². The van der Waals surface area contributed by atoms with E-state index in [1.165, 1.54) is 0 Å². The highest BCUT2D eigenvalue weighted by Crippen LogP contribution is 2.46. The highest BCUT2D eigenvalue weighted by atomic mass is 19.1. The zero-order valence-corrected chi connectivity index (χ0v) is 10.4. The molecule has 0 radical (unpaired) electrons. The lowest BCUT2D eigenvalue weighted by atomic mass is 9.77. The van der Waals surface area contributed by atoms with Crippen molar-refractivity contribution in [3.05, 3.63) is 29.6 Å². The van der Waals surface area contributed by atoms with Crippen molar-refractivity contribution in [2.75, 3.05) is 18.0 Å². The zero-order valence-electron chi connectivity index (χ0n) is 10.4. The second kappa shape index (κ2) is 4.08. The molecule has 1 aromatic rings. The second-order valence-electron chi connectivity index (χ2n) is 4.64. The molecule has 0 amide bonds. The molecule has 88 valence electrons. The van der Waals surface area contributed by atoms with Crippen molar-refractivity contribution in [2.24, 2.45) is 0 Å². The fourth-order valence-corrected chi connectivity index (χ4v) is 2.94. The van der Waals surface area contributed by atoms with Gasteiger partial charge < -0.3 is 4.90 Å². The maximum absolute atomic E-state index is 14.0. The summed E-state index contributed by atoms with van der Waals surface area (Å²) in [6, 6.07) is 5.46. The van der Waals surface area contributed by atoms with Crippen LogP contribution in [0.1, 0.15) is 39.2 Å². The summed E-state index contributed by atoms with van der Waals surface area (Å²) in [5.41, 5.74) is 2.07. The monoisotopic (exact) mass is 221 g/mol. The molecule has 0 spiro atoms. The number of nitrogens with zero attached hydrogens (tertiary/aromatic N) is 1. The summed E-state index contributed by atoms with van der Waals surface area (Å²) in [7, 11) is 0. The number of likely N-dealkylation sites (N-methyl/N-ethyl adjacent to an activating group) is 1. The molecule has 2 heteroatoms. The number of hydrogen-bond donors (Lipinski definition) is 0. The van der Waals surface area contributed by atoms with Gasteiger partial charge in [-0.15, -0.1) is 0 Å². The lowest BCUT2D eigenvalue weighted by Crippen LogP contribution is -2.32. The van der Waals surface area contributed by atoms with Crippen LogP contribution in [0.2, 0.25) is 0 Å². The summed E-state index contributed by atoms with van der Waals surface area (Å²) in [5, 5.41) is 0. The highest BCUT2D eigenvalue weighted by molar-refractivity contribution is 5.63. The van der Waals surface area contributed by atoms with E-state index in [4.69, 9.17) is 0 Å². The number of halogens is 1. The van der Waals surface area contributed by atoms with Crippen LogP contribution in [0.15, 0.2) is 18.2 Å². The fourth-order valence-electron chi connectivity index (χ4n) is 2.94. The summed E-state index contributed by atoms with van der Waals surface area (Å²) in [6.07, 6.45) is 2.02. The summed E-state index contributed by atoms with van der Waals surface area (Å²) in [5.74, 6) is -0.0304. The van der Waals surface area contributed by atoms with Crippen LogP contribution in [-0.4, -0.2) is 13.1 Å². The van der Waals surface area contributed by atoms with E-state index in [2.05, 4.69) is 31.7 Å². The molecule has 1 aromatic carbocycles. The Labute approximate surface area is 97.3 Å². The molecule has 0 fully saturated rings. The molecule has 0 saturated heterocycles. The Balaban J connectivity index is 2.59. The Bertz CT molecular complexity index is 382. The van der Waals surface area contributed by atoms with E-state index in [1.807, 2.05) is 6.07 Å². The third kappa shape index (κ3) is 1.43. The third-order valence-electron chi connectivity index (χ3n) is 4.09. The van der Waals surface area contributed by atoms with E-state index < -0.39 is 0 Å². The molecule has 0 aliphatic carbocycles. The molecule has 0 N–H and O–H groups in total. The Kier molecular flexibility index (Phi) is 2.92. The molecular weight excluding hydrogens is 201 g/mol. The molecule has 1 heterocycles. The smallest absolute Gasteiger partial charge is 0.129 e. The fraction of sp³-hybridized carbons (Fsp3) is 0.571. The number of hydrogen-bond acceptors (Lipinski definition) is 1. The minimum absolute atomic E-state index is 0.0245. The van der Waals surface area contributed by atoms with Gasteiger partial charge >= 0.3 is 0 Å². The van der Waals surface area contributed by atoms with Crippen LogP contribution in [0.5, 0.6) is 0 Å². The van der Waals surface area contributed by atoms with Gasteiger partial charge in [0.2, 0.25) is 0 Å². The summed E-state index contributed by atoms with van der Waals surface area (Å²) in [4.78, 5) is 2.30. The summed E-state index contributed by atoms with van der Waals surface area (Å²) < 4.78 is 14.0. The van der Waals surface area contributed by atoms with Crippen LogP contribution in [0, 0.1) is 5.82 Å². The van der Waals surface area contributed by atoms with E-state index in [1.54, 1.807) is 6.07 Å². The minimum Gasteiger partial charge on any atom is -0.371 e. The first kappa shape index (κ1) is 11.4. The predicted molar refractivity (Wildman–Crippen MR) is 66.5 cm³/mol. The van der Waals surface area contributed by atoms with Gasteiger partial charge in [-0.1, -0.05) is 19.9 Å². The van der Waals surface area contributed by atoms with Gasteiger partial charge in [0.1, 0.15) is 5.82 Å². The molecule has 1 aliphatic heterocycles. The third-order valence-corrected chi connectivity index (χ3v) is 4.09. The Morgan fingerprint density at radius 1 is 1.25 bits per heavy atom. The molecule has 1 nitrogen and oxygen atoms in total. The van der Waals surface area contributed by atoms with Gasteiger partial charge in [0, 0.05) is 29.8 Å². The van der Waals surface area contributed by atoms with E-state index >= 15 is 0 Å². The van der Waals surface area contributed by atoms with Crippen molar-refractivity contribution >= 4 is 5.69 Å². The zero-order chi connectivity index (χ0) is 11.8. The quantitative estimate of drug-likeness (QED) is 0.752. The van der Waals surface area contributed by atoms with Crippen molar-refractivity contribution in [1.29, 1.82) is 0 Å². The molecule has 0 unspecified atom stereocenters. The maximum Gasteiger partial charge on any atom is 0.129 e. The minimum atomic E-state index is -0.0304. The van der Waals surface area contributed by atoms with Crippen LogP contribution in [-0.2, 0) is 5.41 Å². The lowest BCUT2D eigenvalue weighted by molar-refractivity contribution is 0.404. The van der Waals surface area contributed by atoms with Crippen molar-refractivity contribution < 1.29 is 4.39 Å². The summed E-state index contributed by atoms with van der Waals surface area (Å²) in [6.45, 7) is 8.39. The van der Waals surface area contributed by atoms with E-state index in [0.29, 0.717) is 0 Å². The first-order chi connectivity index (χ1) is 7.68. The van der Waals surface area contributed by atoms with Crippen LogP contribution in [0.25, 0.3) is 0 Å². The number of anilines is 1. The van der Waals surface area contributed by atoms with E-state index in [9.17, 15) is 4.39 Å². The maximum atomic E-state index is 14.0. The molecule has 0 bridgehead atoms. The number of rotatable bonds is 3. The predicted octanol–water partition coefficient (Wildman–Crippen LogP) is 3.72. The molecule has 16 heavy (non-hydrogen) atoms. The first-order valence-corrected chi connectivity index (χ1v) is 6.22. The Morgan fingerprint density at radius 3 is 2.50 bits per heavy atom. The van der Waals surface area contributed by atoms with Crippen LogP contribution >= 0.6 is 0 Å². The first-order valence-electron chi connectivity index (χ1n) is 6.22. The van der Waals surface area contributed by atoms with Gasteiger partial charge in [-0.25, -0.2) is 4.39 Å². The van der Waals surface area contributed by atoms with Gasteiger partial charge in [-0.3, -0.25) is 0 Å². The van der Waals surface area contributed by atoms with Gasteiger partial charge in [0.15, 0.2) is 0 Å². The van der Waals surface area contributed by atoms with Crippen molar-refractivity contribution in [2.45, 2.75) is 39.0 Å². The molecule has 1 aliphatic rings. The second-order valence-corrected chi connectivity index (χ2v) is 4.64. The largest absolute Gasteiger partial charge is 0.371 e. The van der Waals surface area contributed by atoms with Crippen LogP contribution in [0.3, 0.4) is 0 Å². The Morgan fingerprint density at radius 2 is 1.94 bits per heavy atom. The van der Waals surface area contributed by atoms with Crippen LogP contribution < -0.4 is 4.90 Å². The van der Waals surface area contributed by atoms with Gasteiger partial charge in [-0.2, -0.15) is 0 Å². The van der Waals surface area contributed by atoms with Crippen LogP contribution in [0.4, 0.5) is 10.1 Å². The highest BCUT2D eigenvalue weighted by Gasteiger charge is 2.41. The standard InChI is InChI=1S/C14H20FN/c1-4-14(5-2)10-16(6-3)12-9-7-8-11(15)13(12)14/h7-9H,4-6,10H2,1-3H3. The number of fused-ring (bicyclic) bond motifs is 1. The lowest BCUT2D eigenvalue weighted by Gasteiger charge is -2.28. The molecule has 0 saturated carbocycles. The van der Waals surface area contributed by atoms with Crippen molar-refractivity contribution in [3.8, 4) is 0 Å². The molecule has 0 atom stereocenters. The van der Waals surface area contributed by atoms with Gasteiger partial charge in [0.25, 0.3) is 0 Å². The molecule has 0 aromatic heterocycles. The number of benzene rings is 1. The Hall–Kier alpha value is -1.05. The molecule has 2 rings (SSSR count). The van der Waals surface area contributed by atoms with Gasteiger partial charge in [0.05, 0.1) is 0 Å².